The molecule has 0 unspecified atom stereocenters. The lowest BCUT2D eigenvalue weighted by molar-refractivity contribution is -0.384. The zero-order valence-corrected chi connectivity index (χ0v) is 19.9. The standard InChI is InChI=1S/C23H20Cl2N2O5S/c1-2-3-4-16-5-9-18(10-6-16)26(33(31,32)20-12-7-17(24)8-13-20)23(28)21-15-19(27(29)30)11-14-22(21)25/h5-15H,2-4H2,1H3. The van der Waals surface area contributed by atoms with Crippen LogP contribution in [-0.2, 0) is 16.4 Å². The lowest BCUT2D eigenvalue weighted by Crippen LogP contribution is -2.37. The summed E-state index contributed by atoms with van der Waals surface area (Å²) in [4.78, 5) is 23.8. The minimum atomic E-state index is -4.40. The number of anilines is 1. The molecule has 0 N–H and O–H groups in total. The molecule has 0 aliphatic heterocycles. The molecule has 0 saturated carbocycles. The van der Waals surface area contributed by atoms with Crippen molar-refractivity contribution in [2.75, 3.05) is 4.31 Å². The number of aryl methyl sites for hydroxylation is 1. The van der Waals surface area contributed by atoms with E-state index in [0.717, 1.165) is 37.0 Å². The van der Waals surface area contributed by atoms with Gasteiger partial charge in [-0.3, -0.25) is 14.9 Å². The van der Waals surface area contributed by atoms with E-state index in [9.17, 15) is 23.3 Å². The first-order valence-corrected chi connectivity index (χ1v) is 12.2. The molecular formula is C23H20Cl2N2O5S. The zero-order valence-electron chi connectivity index (χ0n) is 17.6. The number of hydrogen-bond acceptors (Lipinski definition) is 5. The van der Waals surface area contributed by atoms with Gasteiger partial charge in [0.1, 0.15) is 0 Å². The Labute approximate surface area is 201 Å². The lowest BCUT2D eigenvalue weighted by Gasteiger charge is -2.23. The van der Waals surface area contributed by atoms with Crippen LogP contribution in [0.2, 0.25) is 10.0 Å². The van der Waals surface area contributed by atoms with Crippen molar-refractivity contribution in [1.29, 1.82) is 0 Å². The maximum absolute atomic E-state index is 13.5. The van der Waals surface area contributed by atoms with Crippen molar-refractivity contribution in [2.24, 2.45) is 0 Å². The number of hydrogen-bond donors (Lipinski definition) is 0. The number of carbonyl (C=O) groups excluding carboxylic acids is 1. The Kier molecular flexibility index (Phi) is 7.73. The van der Waals surface area contributed by atoms with Gasteiger partial charge < -0.3 is 0 Å². The monoisotopic (exact) mass is 506 g/mol. The van der Waals surface area contributed by atoms with Crippen LogP contribution < -0.4 is 4.31 Å². The van der Waals surface area contributed by atoms with Crippen LogP contribution in [0.1, 0.15) is 35.7 Å². The molecule has 0 saturated heterocycles. The SMILES string of the molecule is CCCCc1ccc(N(C(=O)c2cc([N+](=O)[O-])ccc2Cl)S(=O)(=O)c2ccc(Cl)cc2)cc1. The minimum Gasteiger partial charge on any atom is -0.268 e. The van der Waals surface area contributed by atoms with Gasteiger partial charge in [0.05, 0.1) is 26.1 Å². The van der Waals surface area contributed by atoms with E-state index >= 15 is 0 Å². The number of unbranched alkanes of at least 4 members (excludes halogenated alkanes) is 1. The predicted molar refractivity (Wildman–Crippen MR) is 129 cm³/mol. The average Bonchev–Trinajstić information content (AvgIpc) is 2.79. The Morgan fingerprint density at radius 1 is 1.00 bits per heavy atom. The van der Waals surface area contributed by atoms with Gasteiger partial charge in [-0.25, -0.2) is 8.42 Å². The van der Waals surface area contributed by atoms with E-state index in [4.69, 9.17) is 23.2 Å². The van der Waals surface area contributed by atoms with E-state index in [1.807, 2.05) is 0 Å². The van der Waals surface area contributed by atoms with Crippen LogP contribution in [0.15, 0.2) is 71.6 Å². The summed E-state index contributed by atoms with van der Waals surface area (Å²) in [6.07, 6.45) is 2.78. The van der Waals surface area contributed by atoms with Crippen molar-refractivity contribution in [2.45, 2.75) is 31.1 Å². The van der Waals surface area contributed by atoms with Crippen LogP contribution in [0.5, 0.6) is 0 Å². The molecule has 0 spiro atoms. The number of carbonyl (C=O) groups is 1. The number of rotatable bonds is 8. The maximum atomic E-state index is 13.5. The third-order valence-electron chi connectivity index (χ3n) is 4.92. The van der Waals surface area contributed by atoms with Crippen molar-refractivity contribution < 1.29 is 18.1 Å². The third-order valence-corrected chi connectivity index (χ3v) is 7.22. The van der Waals surface area contributed by atoms with Gasteiger partial charge in [-0.15, -0.1) is 0 Å². The second-order valence-electron chi connectivity index (χ2n) is 7.22. The first kappa shape index (κ1) is 24.7. The molecule has 0 fully saturated rings. The fourth-order valence-electron chi connectivity index (χ4n) is 3.16. The minimum absolute atomic E-state index is 0.0813. The highest BCUT2D eigenvalue weighted by Crippen LogP contribution is 2.31. The van der Waals surface area contributed by atoms with Gasteiger partial charge in [-0.05, 0) is 60.9 Å². The number of nitro groups is 1. The first-order chi connectivity index (χ1) is 15.6. The Balaban J connectivity index is 2.15. The molecule has 0 bridgehead atoms. The predicted octanol–water partition coefficient (Wildman–Crippen LogP) is 6.28. The fraction of sp³-hybridized carbons (Fsp3) is 0.174. The van der Waals surface area contributed by atoms with Gasteiger partial charge in [0.15, 0.2) is 0 Å². The summed E-state index contributed by atoms with van der Waals surface area (Å²) in [6, 6.07) is 15.2. The smallest absolute Gasteiger partial charge is 0.268 e. The van der Waals surface area contributed by atoms with Crippen LogP contribution in [0.3, 0.4) is 0 Å². The maximum Gasteiger partial charge on any atom is 0.274 e. The number of nitro benzene ring substituents is 1. The molecule has 0 aliphatic rings. The van der Waals surface area contributed by atoms with Crippen LogP contribution in [0.4, 0.5) is 11.4 Å². The number of non-ortho nitro benzene ring substituents is 1. The highest BCUT2D eigenvalue weighted by molar-refractivity contribution is 7.93. The largest absolute Gasteiger partial charge is 0.274 e. The van der Waals surface area contributed by atoms with E-state index in [1.165, 1.54) is 42.5 Å². The van der Waals surface area contributed by atoms with Crippen LogP contribution >= 0.6 is 23.2 Å². The Morgan fingerprint density at radius 3 is 2.21 bits per heavy atom. The van der Waals surface area contributed by atoms with Gasteiger partial charge in [0, 0.05) is 17.2 Å². The Hall–Kier alpha value is -2.94. The number of benzene rings is 3. The van der Waals surface area contributed by atoms with Gasteiger partial charge in [-0.2, -0.15) is 4.31 Å². The second-order valence-corrected chi connectivity index (χ2v) is 9.85. The van der Waals surface area contributed by atoms with E-state index in [-0.39, 0.29) is 26.9 Å². The highest BCUT2D eigenvalue weighted by atomic mass is 35.5. The van der Waals surface area contributed by atoms with E-state index in [1.54, 1.807) is 12.1 Å². The van der Waals surface area contributed by atoms with Gasteiger partial charge in [-0.1, -0.05) is 48.7 Å². The highest BCUT2D eigenvalue weighted by Gasteiger charge is 2.33. The van der Waals surface area contributed by atoms with Crippen molar-refractivity contribution in [3.8, 4) is 0 Å². The topological polar surface area (TPSA) is 97.6 Å². The average molecular weight is 507 g/mol. The van der Waals surface area contributed by atoms with Gasteiger partial charge in [0.25, 0.3) is 21.6 Å². The number of halogens is 2. The van der Waals surface area contributed by atoms with Gasteiger partial charge >= 0.3 is 0 Å². The second kappa shape index (κ2) is 10.3. The Morgan fingerprint density at radius 2 is 1.64 bits per heavy atom. The molecular weight excluding hydrogens is 487 g/mol. The van der Waals surface area contributed by atoms with E-state index in [2.05, 4.69) is 6.92 Å². The summed E-state index contributed by atoms with van der Waals surface area (Å²) in [6.45, 7) is 2.07. The molecule has 33 heavy (non-hydrogen) atoms. The van der Waals surface area contributed by atoms with Crippen molar-refractivity contribution >= 4 is 50.5 Å². The molecule has 0 aliphatic carbocycles. The normalized spacial score (nSPS) is 11.2. The Bertz CT molecular complexity index is 1280. The molecule has 0 aromatic heterocycles. The number of nitrogens with zero attached hydrogens (tertiary/aromatic N) is 2. The fourth-order valence-corrected chi connectivity index (χ4v) is 4.89. The van der Waals surface area contributed by atoms with E-state index in [0.29, 0.717) is 9.33 Å². The number of amides is 1. The molecule has 0 atom stereocenters. The molecule has 10 heteroatoms. The lowest BCUT2D eigenvalue weighted by atomic mass is 10.1. The number of sulfonamides is 1. The molecule has 7 nitrogen and oxygen atoms in total. The van der Waals surface area contributed by atoms with Crippen molar-refractivity contribution in [3.63, 3.8) is 0 Å². The first-order valence-electron chi connectivity index (χ1n) is 10.0. The molecule has 0 heterocycles. The molecule has 1 amide bonds. The summed E-state index contributed by atoms with van der Waals surface area (Å²) in [5.74, 6) is -1.01. The molecule has 3 aromatic carbocycles. The van der Waals surface area contributed by atoms with Crippen LogP contribution in [-0.4, -0.2) is 19.2 Å². The molecule has 172 valence electrons. The van der Waals surface area contributed by atoms with Crippen molar-refractivity contribution in [1.82, 2.24) is 0 Å². The molecule has 0 radical (unpaired) electrons. The quantitative estimate of drug-likeness (QED) is 0.264. The zero-order chi connectivity index (χ0) is 24.2. The summed E-state index contributed by atoms with van der Waals surface area (Å²) in [5.41, 5.74) is 0.378. The summed E-state index contributed by atoms with van der Waals surface area (Å²) in [5, 5.41) is 11.4. The molecule has 3 rings (SSSR count). The summed E-state index contributed by atoms with van der Waals surface area (Å²) in [7, 11) is -4.40. The molecule has 3 aromatic rings. The summed E-state index contributed by atoms with van der Waals surface area (Å²) >= 11 is 12.0. The van der Waals surface area contributed by atoms with Crippen LogP contribution in [0, 0.1) is 10.1 Å². The van der Waals surface area contributed by atoms with Crippen LogP contribution in [0.25, 0.3) is 0 Å². The van der Waals surface area contributed by atoms with Gasteiger partial charge in [0.2, 0.25) is 0 Å². The van der Waals surface area contributed by atoms with E-state index < -0.39 is 20.9 Å². The van der Waals surface area contributed by atoms with Crippen molar-refractivity contribution in [3.05, 3.63) is 98.0 Å². The summed E-state index contributed by atoms with van der Waals surface area (Å²) < 4.78 is 27.7. The third kappa shape index (κ3) is 5.52.